The molecule has 2 aliphatic rings. The second-order valence-corrected chi connectivity index (χ2v) is 7.69. The van der Waals surface area contributed by atoms with Gasteiger partial charge in [-0.05, 0) is 43.5 Å². The van der Waals surface area contributed by atoms with Crippen LogP contribution in [0.3, 0.4) is 0 Å². The number of halogens is 1. The Morgan fingerprint density at radius 3 is 2.81 bits per heavy atom. The van der Waals surface area contributed by atoms with Crippen LogP contribution in [0.4, 0.5) is 4.39 Å². The summed E-state index contributed by atoms with van der Waals surface area (Å²) in [6.45, 7) is 4.39. The van der Waals surface area contributed by atoms with Crippen LogP contribution in [-0.2, 0) is 20.8 Å². The van der Waals surface area contributed by atoms with Crippen molar-refractivity contribution in [2.75, 3.05) is 13.1 Å². The van der Waals surface area contributed by atoms with Gasteiger partial charge in [0.15, 0.2) is 0 Å². The summed E-state index contributed by atoms with van der Waals surface area (Å²) in [6.07, 6.45) is 2.86. The number of benzene rings is 1. The number of amides is 2. The molecule has 1 N–H and O–H groups in total. The fourth-order valence-electron chi connectivity index (χ4n) is 4.00. The molecule has 2 heterocycles. The Morgan fingerprint density at radius 1 is 1.39 bits per heavy atom. The number of nitriles is 1. The molecule has 9 heteroatoms. The highest BCUT2D eigenvalue weighted by molar-refractivity contribution is 6.35. The Kier molecular flexibility index (Phi) is 6.90. The number of nitrogens with one attached hydrogen (secondary N) is 1. The van der Waals surface area contributed by atoms with Gasteiger partial charge >= 0.3 is 11.8 Å². The number of nitrogens with zero attached hydrogens (tertiary/aromatic N) is 4. The molecule has 8 nitrogen and oxygen atoms in total. The van der Waals surface area contributed by atoms with E-state index in [2.05, 4.69) is 15.5 Å². The molecule has 1 aromatic rings. The predicted octanol–water partition coefficient (Wildman–Crippen LogP) is 2.29. The summed E-state index contributed by atoms with van der Waals surface area (Å²) in [5.74, 6) is -2.57. The maximum absolute atomic E-state index is 13.5. The van der Waals surface area contributed by atoms with Crippen molar-refractivity contribution in [3.63, 3.8) is 0 Å². The first-order valence-corrected chi connectivity index (χ1v) is 10.3. The predicted molar refractivity (Wildman–Crippen MR) is 109 cm³/mol. The molecular formula is C22H24FN5O3. The molecule has 0 radical (unpaired) electrons. The molecule has 162 valence electrons. The van der Waals surface area contributed by atoms with Gasteiger partial charge in [-0.2, -0.15) is 15.5 Å². The van der Waals surface area contributed by atoms with E-state index in [0.29, 0.717) is 37.2 Å². The van der Waals surface area contributed by atoms with Crippen molar-refractivity contribution in [2.24, 2.45) is 16.1 Å². The topological polar surface area (TPSA) is 115 Å². The Labute approximate surface area is 179 Å². The summed E-state index contributed by atoms with van der Waals surface area (Å²) < 4.78 is 13.5. The number of likely N-dealkylation sites (tertiary alicyclic amines) is 1. The summed E-state index contributed by atoms with van der Waals surface area (Å²) >= 11 is 0. The summed E-state index contributed by atoms with van der Waals surface area (Å²) in [5, 5.41) is 19.5. The van der Waals surface area contributed by atoms with Gasteiger partial charge in [0.1, 0.15) is 17.7 Å². The van der Waals surface area contributed by atoms with Crippen molar-refractivity contribution < 1.29 is 18.8 Å². The summed E-state index contributed by atoms with van der Waals surface area (Å²) in [5.41, 5.74) is 1.07. The first-order chi connectivity index (χ1) is 14.8. The third-order valence-corrected chi connectivity index (χ3v) is 5.79. The van der Waals surface area contributed by atoms with Gasteiger partial charge in [0.2, 0.25) is 0 Å². The van der Waals surface area contributed by atoms with Crippen molar-refractivity contribution >= 4 is 17.6 Å². The Morgan fingerprint density at radius 2 is 2.16 bits per heavy atom. The second-order valence-electron chi connectivity index (χ2n) is 7.69. The molecule has 31 heavy (non-hydrogen) atoms. The van der Waals surface area contributed by atoms with Crippen LogP contribution in [0.25, 0.3) is 0 Å². The van der Waals surface area contributed by atoms with Crippen LogP contribution in [-0.4, -0.2) is 47.7 Å². The van der Waals surface area contributed by atoms with Gasteiger partial charge in [-0.25, -0.2) is 4.39 Å². The van der Waals surface area contributed by atoms with E-state index >= 15 is 0 Å². The average molecular weight is 425 g/mol. The van der Waals surface area contributed by atoms with Crippen molar-refractivity contribution in [3.05, 3.63) is 46.9 Å². The van der Waals surface area contributed by atoms with E-state index in [9.17, 15) is 18.8 Å². The maximum Gasteiger partial charge on any atom is 0.312 e. The van der Waals surface area contributed by atoms with E-state index in [0.717, 1.165) is 0 Å². The number of carbonyl (C=O) groups excluding carboxylic acids is 3. The minimum Gasteiger partial charge on any atom is -0.339 e. The van der Waals surface area contributed by atoms with Crippen LogP contribution in [0, 0.1) is 23.1 Å². The van der Waals surface area contributed by atoms with E-state index in [1.165, 1.54) is 23.1 Å². The monoisotopic (exact) mass is 425 g/mol. The Balaban J connectivity index is 1.61. The average Bonchev–Trinajstić information content (AvgIpc) is 3.42. The molecule has 2 amide bonds. The molecule has 0 spiro atoms. The van der Waals surface area contributed by atoms with E-state index < -0.39 is 29.6 Å². The Hall–Kier alpha value is -3.41. The molecule has 0 unspecified atom stereocenters. The van der Waals surface area contributed by atoms with Gasteiger partial charge in [0, 0.05) is 24.9 Å². The van der Waals surface area contributed by atoms with Gasteiger partial charge in [-0.15, -0.1) is 0 Å². The number of ketones is 1. The number of azo groups is 1. The lowest BCUT2D eigenvalue weighted by atomic mass is 9.92. The molecule has 0 saturated carbocycles. The molecule has 0 bridgehead atoms. The van der Waals surface area contributed by atoms with Crippen molar-refractivity contribution in [1.82, 2.24) is 10.2 Å². The molecule has 1 fully saturated rings. The van der Waals surface area contributed by atoms with Crippen LogP contribution < -0.4 is 5.32 Å². The first kappa shape index (κ1) is 22.3. The molecule has 1 aromatic carbocycles. The summed E-state index contributed by atoms with van der Waals surface area (Å²) in [6, 6.07) is 4.95. The molecule has 1 saturated heterocycles. The minimum atomic E-state index is -0.730. The fraction of sp³-hybridized carbons (Fsp3) is 0.455. The first-order valence-electron chi connectivity index (χ1n) is 10.3. The minimum absolute atomic E-state index is 0.0370. The van der Waals surface area contributed by atoms with E-state index in [-0.39, 0.29) is 23.8 Å². The molecule has 0 aliphatic carbocycles. The molecule has 0 aromatic heterocycles. The van der Waals surface area contributed by atoms with Gasteiger partial charge in [-0.1, -0.05) is 13.0 Å². The van der Waals surface area contributed by atoms with Gasteiger partial charge in [-0.3, -0.25) is 14.4 Å². The van der Waals surface area contributed by atoms with E-state index in [1.54, 1.807) is 19.1 Å². The highest BCUT2D eigenvalue weighted by Crippen LogP contribution is 2.27. The van der Waals surface area contributed by atoms with Crippen LogP contribution >= 0.6 is 0 Å². The number of rotatable bonds is 6. The molecular weight excluding hydrogens is 401 g/mol. The lowest BCUT2D eigenvalue weighted by molar-refractivity contribution is -0.147. The number of hydrogen-bond donors (Lipinski definition) is 1. The van der Waals surface area contributed by atoms with E-state index in [1.807, 2.05) is 6.92 Å². The Bertz CT molecular complexity index is 997. The van der Waals surface area contributed by atoms with Crippen LogP contribution in [0.5, 0.6) is 0 Å². The third kappa shape index (κ3) is 4.85. The van der Waals surface area contributed by atoms with E-state index in [4.69, 9.17) is 5.26 Å². The quantitative estimate of drug-likeness (QED) is 0.704. The number of Topliss-reactive ketones (excluding diaryl/α,β-unsaturated/α-hetero) is 1. The normalized spacial score (nSPS) is 20.8. The number of hydrogen-bond acceptors (Lipinski definition) is 6. The lowest BCUT2D eigenvalue weighted by Gasteiger charge is -2.25. The van der Waals surface area contributed by atoms with Crippen LogP contribution in [0.1, 0.15) is 37.8 Å². The van der Waals surface area contributed by atoms with Crippen molar-refractivity contribution in [3.8, 4) is 6.07 Å². The van der Waals surface area contributed by atoms with Crippen LogP contribution in [0.2, 0.25) is 0 Å². The summed E-state index contributed by atoms with van der Waals surface area (Å²) in [7, 11) is 0. The zero-order chi connectivity index (χ0) is 22.5. The smallest absolute Gasteiger partial charge is 0.312 e. The fourth-order valence-corrected chi connectivity index (χ4v) is 4.00. The van der Waals surface area contributed by atoms with Crippen molar-refractivity contribution in [2.45, 2.75) is 45.2 Å². The zero-order valence-corrected chi connectivity index (χ0v) is 17.5. The molecule has 2 aliphatic heterocycles. The molecule has 3 rings (SSSR count). The van der Waals surface area contributed by atoms with Gasteiger partial charge in [0.25, 0.3) is 0 Å². The van der Waals surface area contributed by atoms with Crippen molar-refractivity contribution in [1.29, 1.82) is 5.26 Å². The second kappa shape index (κ2) is 9.60. The third-order valence-electron chi connectivity index (χ3n) is 5.79. The highest BCUT2D eigenvalue weighted by Gasteiger charge is 2.40. The summed E-state index contributed by atoms with van der Waals surface area (Å²) in [4.78, 5) is 39.5. The maximum atomic E-state index is 13.5. The SMILES string of the molecule is CC[C@@H](NC(=O)C(=O)N1CC[C@H](C(=O)Cc2ccc(F)c(C#N)c2)[C@@H]1C)C1=CCN=N1. The highest BCUT2D eigenvalue weighted by atomic mass is 19.1. The van der Waals surface area contributed by atoms with Gasteiger partial charge < -0.3 is 10.2 Å². The standard InChI is InChI=1S/C22H24FN5O3/c1-3-18(19-6-8-25-27-19)26-21(30)22(31)28-9-7-16(13(28)2)20(29)11-14-4-5-17(23)15(10-14)12-24/h4-6,10,13,16,18H,3,7-9,11H2,1-2H3,(H,26,30)/t13-,16-,18+/m0/s1. The van der Waals surface area contributed by atoms with Gasteiger partial charge in [0.05, 0.1) is 23.8 Å². The largest absolute Gasteiger partial charge is 0.339 e. The lowest BCUT2D eigenvalue weighted by Crippen LogP contribution is -2.48. The molecule has 3 atom stereocenters. The number of carbonyl (C=O) groups is 3. The van der Waals surface area contributed by atoms with Crippen LogP contribution in [0.15, 0.2) is 40.2 Å². The zero-order valence-electron chi connectivity index (χ0n) is 17.5.